The molecule has 0 saturated heterocycles. The van der Waals surface area contributed by atoms with E-state index >= 15 is 0 Å². The predicted octanol–water partition coefficient (Wildman–Crippen LogP) is 2.45. The van der Waals surface area contributed by atoms with E-state index in [1.807, 2.05) is 39.8 Å². The van der Waals surface area contributed by atoms with Crippen LogP contribution < -0.4 is 9.62 Å². The van der Waals surface area contributed by atoms with Crippen LogP contribution in [0.4, 0.5) is 5.69 Å². The first kappa shape index (κ1) is 18.5. The molecule has 0 heterocycles. The third kappa shape index (κ3) is 4.73. The Hall–Kier alpha value is -1.56. The lowest BCUT2D eigenvalue weighted by Crippen LogP contribution is -2.51. The quantitative estimate of drug-likeness (QED) is 0.837. The van der Waals surface area contributed by atoms with Gasteiger partial charge in [-0.3, -0.25) is 9.10 Å². The van der Waals surface area contributed by atoms with Crippen molar-refractivity contribution >= 4 is 21.6 Å². The summed E-state index contributed by atoms with van der Waals surface area (Å²) >= 11 is 0. The summed E-state index contributed by atoms with van der Waals surface area (Å²) in [5.74, 6) is -0.261. The van der Waals surface area contributed by atoms with Crippen molar-refractivity contribution in [1.29, 1.82) is 0 Å². The number of carbonyl (C=O) groups excluding carboxylic acids is 1. The fourth-order valence-corrected chi connectivity index (χ4v) is 3.40. The van der Waals surface area contributed by atoms with Gasteiger partial charge in [0.05, 0.1) is 11.9 Å². The Morgan fingerprint density at radius 3 is 2.14 bits per heavy atom. The lowest BCUT2D eigenvalue weighted by molar-refractivity contribution is -0.122. The van der Waals surface area contributed by atoms with Crippen molar-refractivity contribution < 1.29 is 13.2 Å². The van der Waals surface area contributed by atoms with Crippen LogP contribution in [0.5, 0.6) is 0 Å². The Kier molecular flexibility index (Phi) is 6.41. The van der Waals surface area contributed by atoms with Crippen LogP contribution in [-0.4, -0.2) is 32.7 Å². The topological polar surface area (TPSA) is 66.5 Å². The van der Waals surface area contributed by atoms with Crippen molar-refractivity contribution in [2.75, 3.05) is 10.6 Å². The minimum absolute atomic E-state index is 0.0148. The SMILES string of the molecule is CC[C@H](C)NC(=O)[C@H](CC)N(c1ccc(C)cc1)S(C)(=O)=O. The molecule has 0 bridgehead atoms. The second-order valence-corrected chi connectivity index (χ2v) is 7.50. The van der Waals surface area contributed by atoms with Gasteiger partial charge < -0.3 is 5.32 Å². The molecule has 1 amide bonds. The molecule has 0 aliphatic heterocycles. The number of anilines is 1. The van der Waals surface area contributed by atoms with E-state index in [2.05, 4.69) is 5.32 Å². The summed E-state index contributed by atoms with van der Waals surface area (Å²) in [6.45, 7) is 7.62. The maximum atomic E-state index is 12.5. The van der Waals surface area contributed by atoms with Gasteiger partial charge in [0, 0.05) is 6.04 Å². The van der Waals surface area contributed by atoms with E-state index < -0.39 is 16.1 Å². The Morgan fingerprint density at radius 2 is 1.73 bits per heavy atom. The van der Waals surface area contributed by atoms with Crippen LogP contribution in [0, 0.1) is 6.92 Å². The van der Waals surface area contributed by atoms with Crippen LogP contribution in [0.3, 0.4) is 0 Å². The number of hydrogen-bond acceptors (Lipinski definition) is 3. The molecule has 1 aromatic rings. The summed E-state index contributed by atoms with van der Waals surface area (Å²) in [6, 6.07) is 6.41. The summed E-state index contributed by atoms with van der Waals surface area (Å²) < 4.78 is 25.7. The molecule has 124 valence electrons. The van der Waals surface area contributed by atoms with Gasteiger partial charge in [0.15, 0.2) is 0 Å². The number of sulfonamides is 1. The maximum absolute atomic E-state index is 12.5. The van der Waals surface area contributed by atoms with Crippen LogP contribution in [0.15, 0.2) is 24.3 Å². The second-order valence-electron chi connectivity index (χ2n) is 5.64. The first-order valence-electron chi connectivity index (χ1n) is 7.57. The van der Waals surface area contributed by atoms with Crippen LogP contribution in [0.25, 0.3) is 0 Å². The Bertz CT molecular complexity index is 596. The van der Waals surface area contributed by atoms with E-state index in [1.54, 1.807) is 12.1 Å². The van der Waals surface area contributed by atoms with Gasteiger partial charge in [0.1, 0.15) is 6.04 Å². The van der Waals surface area contributed by atoms with E-state index in [0.29, 0.717) is 12.1 Å². The molecule has 1 N–H and O–H groups in total. The zero-order valence-corrected chi connectivity index (χ0v) is 14.8. The second kappa shape index (κ2) is 7.63. The molecule has 5 nitrogen and oxygen atoms in total. The summed E-state index contributed by atoms with van der Waals surface area (Å²) in [5.41, 5.74) is 1.55. The zero-order chi connectivity index (χ0) is 16.9. The number of hydrogen-bond donors (Lipinski definition) is 1. The molecule has 0 spiro atoms. The van der Waals surface area contributed by atoms with Crippen molar-refractivity contribution in [3.8, 4) is 0 Å². The number of nitrogens with zero attached hydrogens (tertiary/aromatic N) is 1. The lowest BCUT2D eigenvalue weighted by atomic mass is 10.1. The van der Waals surface area contributed by atoms with Gasteiger partial charge in [-0.2, -0.15) is 0 Å². The standard InChI is InChI=1S/C16H26N2O3S/c1-6-13(4)17-16(19)15(7-2)18(22(5,20)21)14-10-8-12(3)9-11-14/h8-11,13,15H,6-7H2,1-5H3,(H,17,19)/t13-,15-/m0/s1. The van der Waals surface area contributed by atoms with E-state index in [9.17, 15) is 13.2 Å². The number of nitrogens with one attached hydrogen (secondary N) is 1. The van der Waals surface area contributed by atoms with Gasteiger partial charge in [-0.15, -0.1) is 0 Å². The summed E-state index contributed by atoms with van der Waals surface area (Å²) in [4.78, 5) is 12.5. The highest BCUT2D eigenvalue weighted by molar-refractivity contribution is 7.92. The summed E-state index contributed by atoms with van der Waals surface area (Å²) in [6.07, 6.45) is 2.33. The normalized spacial score (nSPS) is 14.2. The third-order valence-electron chi connectivity index (χ3n) is 3.62. The minimum atomic E-state index is -3.56. The van der Waals surface area contributed by atoms with Gasteiger partial charge >= 0.3 is 0 Å². The van der Waals surface area contributed by atoms with Crippen molar-refractivity contribution in [3.63, 3.8) is 0 Å². The molecule has 0 radical (unpaired) electrons. The molecule has 0 saturated carbocycles. The largest absolute Gasteiger partial charge is 0.352 e. The molecule has 2 atom stereocenters. The summed E-state index contributed by atoms with van der Waals surface area (Å²) in [5, 5.41) is 2.87. The molecule has 0 aromatic heterocycles. The highest BCUT2D eigenvalue weighted by atomic mass is 32.2. The van der Waals surface area contributed by atoms with Gasteiger partial charge in [0.25, 0.3) is 0 Å². The van der Waals surface area contributed by atoms with E-state index in [-0.39, 0.29) is 11.9 Å². The Balaban J connectivity index is 3.19. The van der Waals surface area contributed by atoms with Crippen LogP contribution in [0.1, 0.15) is 39.2 Å². The average Bonchev–Trinajstić information content (AvgIpc) is 2.44. The van der Waals surface area contributed by atoms with E-state index in [1.165, 1.54) is 4.31 Å². The smallest absolute Gasteiger partial charge is 0.244 e. The fourth-order valence-electron chi connectivity index (χ4n) is 2.19. The fraction of sp³-hybridized carbons (Fsp3) is 0.562. The van der Waals surface area contributed by atoms with Gasteiger partial charge in [0.2, 0.25) is 15.9 Å². The average molecular weight is 326 g/mol. The molecular weight excluding hydrogens is 300 g/mol. The van der Waals surface area contributed by atoms with E-state index in [4.69, 9.17) is 0 Å². The zero-order valence-electron chi connectivity index (χ0n) is 14.0. The highest BCUT2D eigenvalue weighted by Crippen LogP contribution is 2.23. The monoisotopic (exact) mass is 326 g/mol. The van der Waals surface area contributed by atoms with Crippen molar-refractivity contribution in [3.05, 3.63) is 29.8 Å². The Morgan fingerprint density at radius 1 is 1.18 bits per heavy atom. The molecule has 1 aromatic carbocycles. The number of benzene rings is 1. The number of aryl methyl sites for hydroxylation is 1. The third-order valence-corrected chi connectivity index (χ3v) is 4.80. The Labute approximate surface area is 133 Å². The molecule has 0 aliphatic rings. The predicted molar refractivity (Wildman–Crippen MR) is 90.5 cm³/mol. The minimum Gasteiger partial charge on any atom is -0.352 e. The van der Waals surface area contributed by atoms with Gasteiger partial charge in [-0.1, -0.05) is 31.5 Å². The number of rotatable bonds is 7. The highest BCUT2D eigenvalue weighted by Gasteiger charge is 2.31. The number of amides is 1. The molecule has 22 heavy (non-hydrogen) atoms. The van der Waals surface area contributed by atoms with E-state index in [0.717, 1.165) is 18.2 Å². The van der Waals surface area contributed by atoms with Gasteiger partial charge in [-0.05, 0) is 38.8 Å². The van der Waals surface area contributed by atoms with Crippen LogP contribution in [0.2, 0.25) is 0 Å². The molecule has 0 aliphatic carbocycles. The number of carbonyl (C=O) groups is 1. The van der Waals surface area contributed by atoms with Crippen LogP contribution in [-0.2, 0) is 14.8 Å². The molecule has 6 heteroatoms. The summed E-state index contributed by atoms with van der Waals surface area (Å²) in [7, 11) is -3.56. The van der Waals surface area contributed by atoms with Crippen molar-refractivity contribution in [2.45, 2.75) is 52.6 Å². The molecule has 1 rings (SSSR count). The van der Waals surface area contributed by atoms with Crippen molar-refractivity contribution in [2.24, 2.45) is 0 Å². The van der Waals surface area contributed by atoms with Crippen molar-refractivity contribution in [1.82, 2.24) is 5.32 Å². The first-order valence-corrected chi connectivity index (χ1v) is 9.42. The van der Waals surface area contributed by atoms with Crippen LogP contribution >= 0.6 is 0 Å². The molecule has 0 fully saturated rings. The maximum Gasteiger partial charge on any atom is 0.244 e. The lowest BCUT2D eigenvalue weighted by Gasteiger charge is -2.31. The first-order chi connectivity index (χ1) is 10.2. The molecular formula is C16H26N2O3S. The molecule has 0 unspecified atom stereocenters. The van der Waals surface area contributed by atoms with Gasteiger partial charge in [-0.25, -0.2) is 8.42 Å².